The largest absolute Gasteiger partial charge is 0.341 e. The van der Waals surface area contributed by atoms with Gasteiger partial charge in [0.2, 0.25) is 11.7 Å². The number of carbonyl (C=O) groups is 1. The Balaban J connectivity index is 1.45. The van der Waals surface area contributed by atoms with Crippen LogP contribution in [0.15, 0.2) is 39.9 Å². The van der Waals surface area contributed by atoms with E-state index in [2.05, 4.69) is 22.0 Å². The minimum atomic E-state index is -0.240. The van der Waals surface area contributed by atoms with E-state index in [-0.39, 0.29) is 18.0 Å². The van der Waals surface area contributed by atoms with E-state index in [0.717, 1.165) is 31.5 Å². The standard InChI is InChI=1S/C23H22ClN5O3S/c1-13-4-3-9-28(10-13)17(30)11-29-12-25-22-18(23(29)31)14(2)19(33-22)21-26-20(27-32-21)15-5-7-16(24)8-6-15/h5-8,12-13H,3-4,9-11H2,1-2H3. The molecule has 1 aliphatic heterocycles. The normalized spacial score (nSPS) is 16.5. The maximum absolute atomic E-state index is 13.2. The summed E-state index contributed by atoms with van der Waals surface area (Å²) < 4.78 is 6.88. The van der Waals surface area contributed by atoms with Gasteiger partial charge in [-0.1, -0.05) is 23.7 Å². The minimum Gasteiger partial charge on any atom is -0.341 e. The van der Waals surface area contributed by atoms with Gasteiger partial charge in [-0.2, -0.15) is 4.98 Å². The zero-order valence-corrected chi connectivity index (χ0v) is 19.8. The van der Waals surface area contributed by atoms with Crippen molar-refractivity contribution >= 4 is 39.1 Å². The average molecular weight is 484 g/mol. The van der Waals surface area contributed by atoms with Crippen molar-refractivity contribution in [1.82, 2.24) is 24.6 Å². The first kappa shape index (κ1) is 21.8. The number of carbonyl (C=O) groups excluding carboxylic acids is 1. The fourth-order valence-electron chi connectivity index (χ4n) is 4.17. The number of piperidine rings is 1. The summed E-state index contributed by atoms with van der Waals surface area (Å²) >= 11 is 7.27. The summed E-state index contributed by atoms with van der Waals surface area (Å²) in [5, 5.41) is 5.16. The Kier molecular flexibility index (Phi) is 5.76. The number of aryl methyl sites for hydroxylation is 1. The third-order valence-corrected chi connectivity index (χ3v) is 7.40. The molecule has 0 N–H and O–H groups in total. The van der Waals surface area contributed by atoms with Crippen LogP contribution in [0.4, 0.5) is 0 Å². The fraction of sp³-hybridized carbons (Fsp3) is 0.348. The molecule has 0 radical (unpaired) electrons. The predicted molar refractivity (Wildman–Crippen MR) is 127 cm³/mol. The highest BCUT2D eigenvalue weighted by Gasteiger charge is 2.24. The second-order valence-corrected chi connectivity index (χ2v) is 9.87. The molecule has 1 unspecified atom stereocenters. The zero-order valence-electron chi connectivity index (χ0n) is 18.2. The van der Waals surface area contributed by atoms with Crippen LogP contribution in [0.3, 0.4) is 0 Å². The highest BCUT2D eigenvalue weighted by molar-refractivity contribution is 7.22. The molecule has 0 spiro atoms. The summed E-state index contributed by atoms with van der Waals surface area (Å²) in [6.07, 6.45) is 3.57. The van der Waals surface area contributed by atoms with E-state index >= 15 is 0 Å². The van der Waals surface area contributed by atoms with Gasteiger partial charge in [-0.15, -0.1) is 11.3 Å². The van der Waals surface area contributed by atoms with Crippen molar-refractivity contribution in [2.24, 2.45) is 5.92 Å². The Morgan fingerprint density at radius 2 is 2.09 bits per heavy atom. The van der Waals surface area contributed by atoms with E-state index in [1.165, 1.54) is 22.2 Å². The van der Waals surface area contributed by atoms with Crippen LogP contribution in [-0.4, -0.2) is 43.6 Å². The summed E-state index contributed by atoms with van der Waals surface area (Å²) in [7, 11) is 0. The van der Waals surface area contributed by atoms with Crippen molar-refractivity contribution < 1.29 is 9.32 Å². The van der Waals surface area contributed by atoms with Gasteiger partial charge in [0.05, 0.1) is 16.6 Å². The number of aromatic nitrogens is 4. The number of benzene rings is 1. The monoisotopic (exact) mass is 483 g/mol. The number of nitrogens with zero attached hydrogens (tertiary/aromatic N) is 5. The second-order valence-electron chi connectivity index (χ2n) is 8.43. The first-order valence-electron chi connectivity index (χ1n) is 10.8. The van der Waals surface area contributed by atoms with Gasteiger partial charge in [-0.3, -0.25) is 14.2 Å². The number of likely N-dealkylation sites (tertiary alicyclic amines) is 1. The molecule has 3 aromatic heterocycles. The molecule has 5 rings (SSSR count). The molecular formula is C23H22ClN5O3S. The molecule has 33 heavy (non-hydrogen) atoms. The quantitative estimate of drug-likeness (QED) is 0.427. The summed E-state index contributed by atoms with van der Waals surface area (Å²) in [4.78, 5) is 38.0. The first-order chi connectivity index (χ1) is 15.9. The summed E-state index contributed by atoms with van der Waals surface area (Å²) in [6.45, 7) is 5.44. The molecule has 1 saturated heterocycles. The highest BCUT2D eigenvalue weighted by atomic mass is 35.5. The van der Waals surface area contributed by atoms with Crippen LogP contribution in [0.25, 0.3) is 32.4 Å². The molecule has 0 bridgehead atoms. The minimum absolute atomic E-state index is 0.0135. The Labute approximate surface area is 198 Å². The summed E-state index contributed by atoms with van der Waals surface area (Å²) in [5.74, 6) is 1.19. The number of halogens is 1. The van der Waals surface area contributed by atoms with Gasteiger partial charge in [0.15, 0.2) is 0 Å². The van der Waals surface area contributed by atoms with Crippen LogP contribution in [0.1, 0.15) is 25.3 Å². The number of hydrogen-bond donors (Lipinski definition) is 0. The van der Waals surface area contributed by atoms with E-state index in [1.54, 1.807) is 12.1 Å². The maximum Gasteiger partial charge on any atom is 0.268 e. The summed E-state index contributed by atoms with van der Waals surface area (Å²) in [5.41, 5.74) is 1.25. The SMILES string of the molecule is Cc1c(-c2nc(-c3ccc(Cl)cc3)no2)sc2ncn(CC(=O)N3CCCC(C)C3)c(=O)c12. The highest BCUT2D eigenvalue weighted by Crippen LogP contribution is 2.35. The van der Waals surface area contributed by atoms with Gasteiger partial charge in [0.1, 0.15) is 11.4 Å². The molecule has 170 valence electrons. The predicted octanol–water partition coefficient (Wildman–Crippen LogP) is 4.40. The van der Waals surface area contributed by atoms with E-state index in [0.29, 0.717) is 43.3 Å². The molecule has 0 saturated carbocycles. The Bertz CT molecular complexity index is 1390. The lowest BCUT2D eigenvalue weighted by Crippen LogP contribution is -2.42. The molecular weight excluding hydrogens is 462 g/mol. The molecule has 1 fully saturated rings. The van der Waals surface area contributed by atoms with Crippen molar-refractivity contribution in [3.05, 3.63) is 51.5 Å². The lowest BCUT2D eigenvalue weighted by atomic mass is 10.0. The van der Waals surface area contributed by atoms with Crippen LogP contribution in [0.2, 0.25) is 5.02 Å². The van der Waals surface area contributed by atoms with Crippen LogP contribution < -0.4 is 5.56 Å². The smallest absolute Gasteiger partial charge is 0.268 e. The van der Waals surface area contributed by atoms with Crippen molar-refractivity contribution in [3.63, 3.8) is 0 Å². The van der Waals surface area contributed by atoms with E-state index < -0.39 is 0 Å². The van der Waals surface area contributed by atoms with Crippen molar-refractivity contribution in [2.45, 2.75) is 33.2 Å². The number of rotatable bonds is 4. The van der Waals surface area contributed by atoms with Gasteiger partial charge in [0, 0.05) is 23.7 Å². The topological polar surface area (TPSA) is 94.1 Å². The number of fused-ring (bicyclic) bond motifs is 1. The molecule has 1 atom stereocenters. The van der Waals surface area contributed by atoms with Gasteiger partial charge < -0.3 is 9.42 Å². The van der Waals surface area contributed by atoms with Gasteiger partial charge in [-0.25, -0.2) is 4.98 Å². The molecule has 4 heterocycles. The first-order valence-corrected chi connectivity index (χ1v) is 12.0. The fourth-order valence-corrected chi connectivity index (χ4v) is 5.36. The van der Waals surface area contributed by atoms with E-state index in [1.807, 2.05) is 24.0 Å². The van der Waals surface area contributed by atoms with Crippen molar-refractivity contribution in [3.8, 4) is 22.2 Å². The average Bonchev–Trinajstić information content (AvgIpc) is 3.41. The van der Waals surface area contributed by atoms with Gasteiger partial charge in [0.25, 0.3) is 11.4 Å². The summed E-state index contributed by atoms with van der Waals surface area (Å²) in [6, 6.07) is 7.15. The number of hydrogen-bond acceptors (Lipinski definition) is 7. The van der Waals surface area contributed by atoms with Gasteiger partial charge in [-0.05, 0) is 55.5 Å². The molecule has 1 aliphatic rings. The van der Waals surface area contributed by atoms with Crippen LogP contribution >= 0.6 is 22.9 Å². The lowest BCUT2D eigenvalue weighted by molar-refractivity contribution is -0.133. The van der Waals surface area contributed by atoms with E-state index in [4.69, 9.17) is 16.1 Å². The Morgan fingerprint density at radius 1 is 1.30 bits per heavy atom. The lowest BCUT2D eigenvalue weighted by Gasteiger charge is -2.31. The van der Waals surface area contributed by atoms with Crippen molar-refractivity contribution in [1.29, 1.82) is 0 Å². The molecule has 10 heteroatoms. The molecule has 8 nitrogen and oxygen atoms in total. The molecule has 1 amide bonds. The van der Waals surface area contributed by atoms with Crippen molar-refractivity contribution in [2.75, 3.05) is 13.1 Å². The zero-order chi connectivity index (χ0) is 23.1. The molecule has 4 aromatic rings. The maximum atomic E-state index is 13.2. The number of amides is 1. The van der Waals surface area contributed by atoms with Gasteiger partial charge >= 0.3 is 0 Å². The molecule has 1 aromatic carbocycles. The number of thiophene rings is 1. The third kappa shape index (κ3) is 4.18. The molecule has 0 aliphatic carbocycles. The second kappa shape index (κ2) is 8.72. The van der Waals surface area contributed by atoms with Crippen LogP contribution in [-0.2, 0) is 11.3 Å². The third-order valence-electron chi connectivity index (χ3n) is 5.96. The van der Waals surface area contributed by atoms with Crippen LogP contribution in [0, 0.1) is 12.8 Å². The van der Waals surface area contributed by atoms with Crippen LogP contribution in [0.5, 0.6) is 0 Å². The van der Waals surface area contributed by atoms with E-state index in [9.17, 15) is 9.59 Å². The Morgan fingerprint density at radius 3 is 2.85 bits per heavy atom. The Hall–Kier alpha value is -3.04.